The van der Waals surface area contributed by atoms with Crippen LogP contribution in [-0.2, 0) is 11.3 Å². The van der Waals surface area contributed by atoms with Crippen molar-refractivity contribution in [2.75, 3.05) is 20.1 Å². The van der Waals surface area contributed by atoms with E-state index in [2.05, 4.69) is 51.2 Å². The molecule has 1 aliphatic carbocycles. The number of guanidine groups is 1. The topological polar surface area (TPSA) is 83.3 Å². The summed E-state index contributed by atoms with van der Waals surface area (Å²) in [5, 5.41) is 14.3. The quantitative estimate of drug-likeness (QED) is 0.201. The Balaban J connectivity index is 0.00000363. The van der Waals surface area contributed by atoms with Gasteiger partial charge in [0.1, 0.15) is 0 Å². The van der Waals surface area contributed by atoms with E-state index in [9.17, 15) is 4.79 Å². The molecule has 0 unspecified atom stereocenters. The Kier molecular flexibility index (Phi) is 11.0. The van der Waals surface area contributed by atoms with Gasteiger partial charge in [-0.1, -0.05) is 37.5 Å². The molecule has 1 aromatic carbocycles. The van der Waals surface area contributed by atoms with E-state index in [0.717, 1.165) is 22.6 Å². The van der Waals surface area contributed by atoms with Crippen molar-refractivity contribution < 1.29 is 4.79 Å². The minimum Gasteiger partial charge on any atom is -0.355 e. The molecule has 1 aromatic heterocycles. The molecule has 0 aliphatic heterocycles. The normalized spacial score (nSPS) is 14.5. The summed E-state index contributed by atoms with van der Waals surface area (Å²) in [4.78, 5) is 16.4. The lowest BCUT2D eigenvalue weighted by Gasteiger charge is -2.21. The maximum Gasteiger partial charge on any atom is 0.220 e. The van der Waals surface area contributed by atoms with Crippen LogP contribution in [0, 0.1) is 19.8 Å². The molecule has 1 aliphatic rings. The summed E-state index contributed by atoms with van der Waals surface area (Å²) in [5.74, 6) is 1.44. The number of hydrogen-bond acceptors (Lipinski definition) is 3. The predicted octanol–water partition coefficient (Wildman–Crippen LogP) is 3.86. The molecule has 7 nitrogen and oxygen atoms in total. The smallest absolute Gasteiger partial charge is 0.220 e. The summed E-state index contributed by atoms with van der Waals surface area (Å²) in [7, 11) is 1.75. The van der Waals surface area contributed by atoms with Crippen LogP contribution in [0.1, 0.15) is 55.5 Å². The Hall–Kier alpha value is -2.10. The number of aliphatic imine (C=N–C) groups is 1. The number of para-hydroxylation sites is 1. The highest BCUT2D eigenvalue weighted by Crippen LogP contribution is 2.26. The second-order valence-electron chi connectivity index (χ2n) is 8.38. The number of aromatic nitrogens is 2. The fraction of sp³-hybridized carbons (Fsp3) is 0.542. The number of benzene rings is 1. The summed E-state index contributed by atoms with van der Waals surface area (Å²) >= 11 is 0. The summed E-state index contributed by atoms with van der Waals surface area (Å²) in [6.07, 6.45) is 6.91. The summed E-state index contributed by atoms with van der Waals surface area (Å²) < 4.78 is 1.98. The number of nitrogens with one attached hydrogen (secondary N) is 3. The first kappa shape index (κ1) is 26.2. The van der Waals surface area contributed by atoms with E-state index >= 15 is 0 Å². The van der Waals surface area contributed by atoms with E-state index in [1.54, 1.807) is 7.05 Å². The van der Waals surface area contributed by atoms with Gasteiger partial charge in [-0.25, -0.2) is 4.68 Å². The summed E-state index contributed by atoms with van der Waals surface area (Å²) in [6.45, 7) is 5.92. The van der Waals surface area contributed by atoms with Crippen molar-refractivity contribution in [2.45, 2.75) is 58.9 Å². The highest BCUT2D eigenvalue weighted by atomic mass is 127. The lowest BCUT2D eigenvalue weighted by Crippen LogP contribution is -2.41. The second-order valence-corrected chi connectivity index (χ2v) is 8.38. The van der Waals surface area contributed by atoms with E-state index < -0.39 is 0 Å². The molecular weight excluding hydrogens is 515 g/mol. The Bertz CT molecular complexity index is 888. The standard InChI is InChI=1S/C24H36N6O.HI/c1-18-15-19(2)30(29-18)22-12-8-7-11-21(22)17-28-24(25-3)27-14-13-26-23(31)16-20-9-5-4-6-10-20;/h7-8,11-12,15,20H,4-6,9-10,13-14,16-17H2,1-3H3,(H,26,31)(H2,25,27,28);1H. The van der Waals surface area contributed by atoms with Gasteiger partial charge in [0.15, 0.2) is 5.96 Å². The van der Waals surface area contributed by atoms with Crippen LogP contribution in [0.3, 0.4) is 0 Å². The van der Waals surface area contributed by atoms with Crippen molar-refractivity contribution in [3.05, 3.63) is 47.3 Å². The monoisotopic (exact) mass is 552 g/mol. The highest BCUT2D eigenvalue weighted by Gasteiger charge is 2.16. The maximum absolute atomic E-state index is 12.1. The molecule has 1 amide bonds. The van der Waals surface area contributed by atoms with Crippen molar-refractivity contribution in [1.82, 2.24) is 25.7 Å². The van der Waals surface area contributed by atoms with Crippen LogP contribution < -0.4 is 16.0 Å². The van der Waals surface area contributed by atoms with Crippen LogP contribution in [0.5, 0.6) is 0 Å². The number of aryl methyl sites for hydroxylation is 2. The highest BCUT2D eigenvalue weighted by molar-refractivity contribution is 14.0. The van der Waals surface area contributed by atoms with E-state index in [1.165, 1.54) is 32.1 Å². The van der Waals surface area contributed by atoms with Gasteiger partial charge in [0.2, 0.25) is 5.91 Å². The molecule has 3 N–H and O–H groups in total. The average molecular weight is 553 g/mol. The lowest BCUT2D eigenvalue weighted by atomic mass is 9.87. The molecule has 1 fully saturated rings. The van der Waals surface area contributed by atoms with Crippen LogP contribution in [0.25, 0.3) is 5.69 Å². The number of hydrogen-bond donors (Lipinski definition) is 3. The molecule has 8 heteroatoms. The fourth-order valence-corrected chi connectivity index (χ4v) is 4.25. The minimum atomic E-state index is 0. The number of rotatable bonds is 8. The molecule has 2 aromatic rings. The maximum atomic E-state index is 12.1. The number of carbonyl (C=O) groups excluding carboxylic acids is 1. The Labute approximate surface area is 208 Å². The second kappa shape index (κ2) is 13.4. The molecule has 1 heterocycles. The molecule has 0 atom stereocenters. The van der Waals surface area contributed by atoms with Crippen molar-refractivity contribution in [3.63, 3.8) is 0 Å². The van der Waals surface area contributed by atoms with Gasteiger partial charge in [-0.3, -0.25) is 9.79 Å². The third-order valence-corrected chi connectivity index (χ3v) is 5.84. The summed E-state index contributed by atoms with van der Waals surface area (Å²) in [6, 6.07) is 10.3. The number of nitrogens with zero attached hydrogens (tertiary/aromatic N) is 3. The van der Waals surface area contributed by atoms with Crippen molar-refractivity contribution in [2.24, 2.45) is 10.9 Å². The van der Waals surface area contributed by atoms with Gasteiger partial charge in [0.25, 0.3) is 0 Å². The third-order valence-electron chi connectivity index (χ3n) is 5.84. The van der Waals surface area contributed by atoms with Gasteiger partial charge in [0, 0.05) is 38.8 Å². The van der Waals surface area contributed by atoms with Crippen LogP contribution in [0.2, 0.25) is 0 Å². The molecule has 0 saturated heterocycles. The minimum absolute atomic E-state index is 0. The van der Waals surface area contributed by atoms with Crippen LogP contribution in [-0.4, -0.2) is 41.8 Å². The van der Waals surface area contributed by atoms with Gasteiger partial charge in [-0.2, -0.15) is 5.10 Å². The van der Waals surface area contributed by atoms with Crippen LogP contribution in [0.4, 0.5) is 0 Å². The van der Waals surface area contributed by atoms with Gasteiger partial charge in [-0.15, -0.1) is 24.0 Å². The first-order valence-electron chi connectivity index (χ1n) is 11.4. The first-order valence-corrected chi connectivity index (χ1v) is 11.4. The zero-order valence-corrected chi connectivity index (χ0v) is 21.8. The van der Waals surface area contributed by atoms with Gasteiger partial charge in [0.05, 0.1) is 11.4 Å². The average Bonchev–Trinajstić information content (AvgIpc) is 3.12. The molecule has 0 bridgehead atoms. The molecule has 0 radical (unpaired) electrons. The van der Waals surface area contributed by atoms with E-state index in [4.69, 9.17) is 0 Å². The number of amides is 1. The zero-order chi connectivity index (χ0) is 22.1. The zero-order valence-electron chi connectivity index (χ0n) is 19.5. The van der Waals surface area contributed by atoms with E-state index in [1.807, 2.05) is 23.7 Å². The van der Waals surface area contributed by atoms with E-state index in [0.29, 0.717) is 37.9 Å². The Morgan fingerprint density at radius 2 is 1.81 bits per heavy atom. The molecule has 32 heavy (non-hydrogen) atoms. The first-order chi connectivity index (χ1) is 15.1. The Morgan fingerprint density at radius 3 is 2.50 bits per heavy atom. The Morgan fingerprint density at radius 1 is 1.09 bits per heavy atom. The number of carbonyl (C=O) groups is 1. The number of halogens is 1. The van der Waals surface area contributed by atoms with E-state index in [-0.39, 0.29) is 29.9 Å². The molecule has 1 saturated carbocycles. The molecule has 3 rings (SSSR count). The van der Waals surface area contributed by atoms with Crippen LogP contribution >= 0.6 is 24.0 Å². The molecular formula is C24H37IN6O. The van der Waals surface area contributed by atoms with Gasteiger partial charge in [-0.05, 0) is 50.3 Å². The lowest BCUT2D eigenvalue weighted by molar-refractivity contribution is -0.122. The largest absolute Gasteiger partial charge is 0.355 e. The van der Waals surface area contributed by atoms with Crippen LogP contribution in [0.15, 0.2) is 35.3 Å². The molecule has 176 valence electrons. The van der Waals surface area contributed by atoms with Crippen molar-refractivity contribution >= 4 is 35.8 Å². The predicted molar refractivity (Wildman–Crippen MR) is 141 cm³/mol. The third kappa shape index (κ3) is 7.79. The van der Waals surface area contributed by atoms with Gasteiger partial charge >= 0.3 is 0 Å². The fourth-order valence-electron chi connectivity index (χ4n) is 4.25. The van der Waals surface area contributed by atoms with Crippen molar-refractivity contribution in [1.29, 1.82) is 0 Å². The van der Waals surface area contributed by atoms with Crippen molar-refractivity contribution in [3.8, 4) is 5.69 Å². The SMILES string of the molecule is CN=C(NCCNC(=O)CC1CCCCC1)NCc1ccccc1-n1nc(C)cc1C.I. The van der Waals surface area contributed by atoms with Gasteiger partial charge < -0.3 is 16.0 Å². The molecule has 0 spiro atoms. The summed E-state index contributed by atoms with van der Waals surface area (Å²) in [5.41, 5.74) is 4.31.